The predicted octanol–water partition coefficient (Wildman–Crippen LogP) is 5.72. The SMILES string of the molecule is CCN(CC)Cc1ccccc1CNC(=O)c1cccc(N(I)C(=O)C2CCCCC2)c1. The summed E-state index contributed by atoms with van der Waals surface area (Å²) in [6.07, 6.45) is 5.40. The van der Waals surface area contributed by atoms with Gasteiger partial charge in [-0.25, -0.2) is 0 Å². The van der Waals surface area contributed by atoms with Gasteiger partial charge in [-0.2, -0.15) is 0 Å². The van der Waals surface area contributed by atoms with Gasteiger partial charge >= 0.3 is 0 Å². The lowest BCUT2D eigenvalue weighted by atomic mass is 9.88. The molecule has 0 aromatic heterocycles. The average molecular weight is 547 g/mol. The lowest BCUT2D eigenvalue weighted by Gasteiger charge is -2.25. The molecule has 0 heterocycles. The zero-order valence-corrected chi connectivity index (χ0v) is 21.3. The first-order chi connectivity index (χ1) is 15.5. The molecule has 1 N–H and O–H groups in total. The summed E-state index contributed by atoms with van der Waals surface area (Å²) >= 11 is 2.08. The second kappa shape index (κ2) is 12.3. The highest BCUT2D eigenvalue weighted by Gasteiger charge is 2.26. The van der Waals surface area contributed by atoms with Crippen molar-refractivity contribution in [2.24, 2.45) is 5.92 Å². The van der Waals surface area contributed by atoms with Gasteiger partial charge in [-0.3, -0.25) is 17.6 Å². The standard InChI is InChI=1S/C26H34IN3O2/c1-3-29(4-2)19-23-14-9-8-13-22(23)18-28-25(31)21-15-10-16-24(17-21)30(27)26(32)20-11-6-5-7-12-20/h8-10,13-17,20H,3-7,11-12,18-19H2,1-2H3,(H,28,31). The van der Waals surface area contributed by atoms with Gasteiger partial charge in [-0.1, -0.05) is 63.4 Å². The average Bonchev–Trinajstić information content (AvgIpc) is 2.86. The fraction of sp³-hybridized carbons (Fsp3) is 0.462. The van der Waals surface area contributed by atoms with Crippen LogP contribution in [0.2, 0.25) is 0 Å². The Balaban J connectivity index is 1.65. The van der Waals surface area contributed by atoms with Gasteiger partial charge in [0, 0.05) is 24.6 Å². The van der Waals surface area contributed by atoms with E-state index in [0.29, 0.717) is 12.1 Å². The molecule has 0 aliphatic heterocycles. The van der Waals surface area contributed by atoms with Crippen LogP contribution in [0, 0.1) is 5.92 Å². The van der Waals surface area contributed by atoms with Crippen LogP contribution in [0.4, 0.5) is 5.69 Å². The van der Waals surface area contributed by atoms with Crippen LogP contribution in [0.3, 0.4) is 0 Å². The summed E-state index contributed by atoms with van der Waals surface area (Å²) in [5.41, 5.74) is 3.70. The third-order valence-corrected chi connectivity index (χ3v) is 7.36. The monoisotopic (exact) mass is 547 g/mol. The number of hydrogen-bond donors (Lipinski definition) is 1. The van der Waals surface area contributed by atoms with Crippen molar-refractivity contribution in [1.29, 1.82) is 0 Å². The van der Waals surface area contributed by atoms with E-state index in [2.05, 4.69) is 59.1 Å². The molecule has 1 aliphatic carbocycles. The van der Waals surface area contributed by atoms with Crippen molar-refractivity contribution in [2.75, 3.05) is 16.2 Å². The summed E-state index contributed by atoms with van der Waals surface area (Å²) in [5, 5.41) is 3.06. The largest absolute Gasteiger partial charge is 0.348 e. The smallest absolute Gasteiger partial charge is 0.251 e. The molecule has 0 saturated heterocycles. The molecule has 0 spiro atoms. The van der Waals surface area contributed by atoms with Crippen molar-refractivity contribution in [3.05, 3.63) is 65.2 Å². The van der Waals surface area contributed by atoms with Gasteiger partial charge in [-0.05, 0) is 55.3 Å². The molecule has 3 rings (SSSR count). The number of nitrogens with one attached hydrogen (secondary N) is 1. The minimum atomic E-state index is -0.126. The second-order valence-electron chi connectivity index (χ2n) is 8.42. The normalized spacial score (nSPS) is 14.4. The van der Waals surface area contributed by atoms with Crippen LogP contribution in [0.5, 0.6) is 0 Å². The molecule has 2 aromatic rings. The quantitative estimate of drug-likeness (QED) is 0.323. The molecule has 32 heavy (non-hydrogen) atoms. The van der Waals surface area contributed by atoms with E-state index in [4.69, 9.17) is 0 Å². The van der Waals surface area contributed by atoms with Crippen LogP contribution in [0.1, 0.15) is 67.4 Å². The van der Waals surface area contributed by atoms with Crippen LogP contribution < -0.4 is 8.43 Å². The molecule has 172 valence electrons. The summed E-state index contributed by atoms with van der Waals surface area (Å²) in [5.74, 6) is 0.119. The number of rotatable bonds is 9. The molecule has 0 unspecified atom stereocenters. The molecule has 0 atom stereocenters. The van der Waals surface area contributed by atoms with Crippen molar-refractivity contribution in [1.82, 2.24) is 10.2 Å². The third-order valence-electron chi connectivity index (χ3n) is 6.33. The number of nitrogens with zero attached hydrogens (tertiary/aromatic N) is 2. The Kier molecular flexibility index (Phi) is 9.53. The number of amides is 2. The van der Waals surface area contributed by atoms with Gasteiger partial charge in [0.25, 0.3) is 5.91 Å². The minimum Gasteiger partial charge on any atom is -0.348 e. The Bertz CT molecular complexity index is 907. The van der Waals surface area contributed by atoms with E-state index in [9.17, 15) is 9.59 Å². The maximum Gasteiger partial charge on any atom is 0.251 e. The van der Waals surface area contributed by atoms with Gasteiger partial charge in [0.05, 0.1) is 28.6 Å². The third kappa shape index (κ3) is 6.54. The lowest BCUT2D eigenvalue weighted by molar-refractivity contribution is -0.121. The van der Waals surface area contributed by atoms with E-state index in [0.717, 1.165) is 56.6 Å². The number of carbonyl (C=O) groups is 2. The van der Waals surface area contributed by atoms with E-state index < -0.39 is 0 Å². The Hall–Kier alpha value is -1.93. The minimum absolute atomic E-state index is 0.0976. The lowest BCUT2D eigenvalue weighted by Crippen LogP contribution is -2.30. The molecule has 0 radical (unpaired) electrons. The molecule has 6 heteroatoms. The molecule has 1 aliphatic rings. The van der Waals surface area contributed by atoms with Crippen molar-refractivity contribution in [2.45, 2.75) is 59.0 Å². The number of halogens is 1. The zero-order chi connectivity index (χ0) is 22.9. The Labute approximate surface area is 206 Å². The summed E-state index contributed by atoms with van der Waals surface area (Å²) < 4.78 is 1.68. The highest BCUT2D eigenvalue weighted by Crippen LogP contribution is 2.29. The topological polar surface area (TPSA) is 52.7 Å². The fourth-order valence-electron chi connectivity index (χ4n) is 4.26. The molecule has 2 amide bonds. The number of anilines is 1. The first-order valence-corrected chi connectivity index (χ1v) is 12.7. The van der Waals surface area contributed by atoms with E-state index in [1.807, 2.05) is 30.3 Å². The fourth-order valence-corrected chi connectivity index (χ4v) is 4.95. The molecule has 0 bridgehead atoms. The van der Waals surface area contributed by atoms with Crippen LogP contribution in [0.15, 0.2) is 48.5 Å². The maximum atomic E-state index is 12.9. The van der Waals surface area contributed by atoms with E-state index >= 15 is 0 Å². The summed E-state index contributed by atoms with van der Waals surface area (Å²) in [6, 6.07) is 15.6. The highest BCUT2D eigenvalue weighted by molar-refractivity contribution is 14.1. The van der Waals surface area contributed by atoms with E-state index in [-0.39, 0.29) is 17.7 Å². The zero-order valence-electron chi connectivity index (χ0n) is 19.1. The Morgan fingerprint density at radius 1 is 0.969 bits per heavy atom. The molecular formula is C26H34IN3O2. The van der Waals surface area contributed by atoms with E-state index in [1.165, 1.54) is 12.0 Å². The molecule has 1 saturated carbocycles. The predicted molar refractivity (Wildman–Crippen MR) is 139 cm³/mol. The second-order valence-corrected chi connectivity index (χ2v) is 9.38. The molecule has 1 fully saturated rings. The first kappa shape index (κ1) is 24.7. The summed E-state index contributed by atoms with van der Waals surface area (Å²) in [7, 11) is 0. The number of hydrogen-bond acceptors (Lipinski definition) is 3. The van der Waals surface area contributed by atoms with E-state index in [1.54, 1.807) is 9.18 Å². The van der Waals surface area contributed by atoms with Crippen LogP contribution in [-0.4, -0.2) is 29.8 Å². The van der Waals surface area contributed by atoms with Crippen molar-refractivity contribution in [3.8, 4) is 0 Å². The highest BCUT2D eigenvalue weighted by atomic mass is 127. The van der Waals surface area contributed by atoms with Crippen molar-refractivity contribution < 1.29 is 9.59 Å². The Morgan fingerprint density at radius 3 is 2.34 bits per heavy atom. The molecule has 2 aromatic carbocycles. The van der Waals surface area contributed by atoms with Crippen LogP contribution in [0.25, 0.3) is 0 Å². The maximum absolute atomic E-state index is 12.9. The number of carbonyl (C=O) groups excluding carboxylic acids is 2. The van der Waals surface area contributed by atoms with Crippen LogP contribution in [-0.2, 0) is 17.9 Å². The Morgan fingerprint density at radius 2 is 1.66 bits per heavy atom. The van der Waals surface area contributed by atoms with Crippen LogP contribution >= 0.6 is 22.9 Å². The van der Waals surface area contributed by atoms with Gasteiger partial charge in [0.15, 0.2) is 0 Å². The first-order valence-electron chi connectivity index (χ1n) is 11.7. The number of benzene rings is 2. The van der Waals surface area contributed by atoms with Crippen molar-refractivity contribution in [3.63, 3.8) is 0 Å². The van der Waals surface area contributed by atoms with Gasteiger partial charge in [-0.15, -0.1) is 0 Å². The van der Waals surface area contributed by atoms with Crippen molar-refractivity contribution >= 4 is 40.4 Å². The van der Waals surface area contributed by atoms with Gasteiger partial charge in [0.1, 0.15) is 0 Å². The van der Waals surface area contributed by atoms with Gasteiger partial charge in [0.2, 0.25) is 5.91 Å². The van der Waals surface area contributed by atoms with Gasteiger partial charge < -0.3 is 5.32 Å². The summed E-state index contributed by atoms with van der Waals surface area (Å²) in [6.45, 7) is 7.68. The molecule has 5 nitrogen and oxygen atoms in total. The summed E-state index contributed by atoms with van der Waals surface area (Å²) in [4.78, 5) is 28.1. The molecular weight excluding hydrogens is 513 g/mol.